The highest BCUT2D eigenvalue weighted by Gasteiger charge is 2.50. The van der Waals surface area contributed by atoms with E-state index in [2.05, 4.69) is 5.32 Å². The second kappa shape index (κ2) is 5.88. The molecule has 1 saturated carbocycles. The van der Waals surface area contributed by atoms with Gasteiger partial charge in [-0.05, 0) is 25.7 Å². The molecule has 0 aromatic rings. The number of nitrogens with one attached hydrogen (secondary N) is 1. The lowest BCUT2D eigenvalue weighted by Gasteiger charge is -2.34. The average Bonchev–Trinajstić information content (AvgIpc) is 3.20. The molecule has 1 aliphatic heterocycles. The third-order valence-corrected chi connectivity index (χ3v) is 4.12. The molecular weight excluding hydrogens is 246 g/mol. The smallest absolute Gasteiger partial charge is 0.246 e. The topological polar surface area (TPSA) is 84.7 Å². The van der Waals surface area contributed by atoms with E-state index in [0.29, 0.717) is 19.6 Å². The van der Waals surface area contributed by atoms with E-state index in [9.17, 15) is 9.59 Å². The van der Waals surface area contributed by atoms with Crippen LogP contribution in [0.25, 0.3) is 0 Å². The van der Waals surface area contributed by atoms with Gasteiger partial charge in [-0.1, -0.05) is 0 Å². The van der Waals surface area contributed by atoms with E-state index in [4.69, 9.17) is 10.5 Å². The maximum absolute atomic E-state index is 12.3. The molecule has 0 aromatic heterocycles. The summed E-state index contributed by atoms with van der Waals surface area (Å²) in [5, 5.41) is 2.92. The van der Waals surface area contributed by atoms with E-state index in [0.717, 1.165) is 25.7 Å². The number of piperidine rings is 1. The quantitative estimate of drug-likeness (QED) is 0.703. The monoisotopic (exact) mass is 269 g/mol. The van der Waals surface area contributed by atoms with Gasteiger partial charge in [-0.3, -0.25) is 9.59 Å². The minimum Gasteiger partial charge on any atom is -0.375 e. The molecule has 6 heteroatoms. The molecular formula is C13H23N3O3. The number of amides is 2. The van der Waals surface area contributed by atoms with Crippen LogP contribution in [0.4, 0.5) is 0 Å². The fourth-order valence-electron chi connectivity index (χ4n) is 2.62. The number of ether oxygens (including phenoxy) is 1. The number of likely N-dealkylation sites (tertiary alicyclic amines) is 1. The van der Waals surface area contributed by atoms with Crippen molar-refractivity contribution >= 4 is 11.8 Å². The van der Waals surface area contributed by atoms with E-state index in [-0.39, 0.29) is 29.9 Å². The second-order valence-corrected chi connectivity index (χ2v) is 5.55. The van der Waals surface area contributed by atoms with E-state index >= 15 is 0 Å². The van der Waals surface area contributed by atoms with Gasteiger partial charge in [0.25, 0.3) is 0 Å². The molecule has 19 heavy (non-hydrogen) atoms. The fraction of sp³-hybridized carbons (Fsp3) is 0.846. The minimum atomic E-state index is -0.258. The molecule has 0 bridgehead atoms. The zero-order valence-electron chi connectivity index (χ0n) is 11.5. The van der Waals surface area contributed by atoms with Crippen molar-refractivity contribution in [1.29, 1.82) is 0 Å². The Morgan fingerprint density at radius 1 is 1.37 bits per heavy atom. The van der Waals surface area contributed by atoms with Crippen molar-refractivity contribution in [2.45, 2.75) is 31.7 Å². The first-order valence-electron chi connectivity index (χ1n) is 6.89. The number of hydrogen-bond acceptors (Lipinski definition) is 4. The van der Waals surface area contributed by atoms with E-state index < -0.39 is 0 Å². The zero-order valence-corrected chi connectivity index (χ0v) is 11.5. The molecule has 0 radical (unpaired) electrons. The van der Waals surface area contributed by atoms with Gasteiger partial charge < -0.3 is 20.7 Å². The zero-order chi connectivity index (χ0) is 13.9. The molecule has 6 nitrogen and oxygen atoms in total. The first-order chi connectivity index (χ1) is 9.11. The van der Waals surface area contributed by atoms with Crippen LogP contribution in [0.2, 0.25) is 0 Å². The Labute approximate surface area is 113 Å². The Balaban J connectivity index is 1.76. The van der Waals surface area contributed by atoms with Gasteiger partial charge in [-0.2, -0.15) is 0 Å². The highest BCUT2D eigenvalue weighted by Crippen LogP contribution is 2.46. The second-order valence-electron chi connectivity index (χ2n) is 5.55. The number of rotatable bonds is 5. The average molecular weight is 269 g/mol. The van der Waals surface area contributed by atoms with E-state index in [1.54, 1.807) is 0 Å². The van der Waals surface area contributed by atoms with Crippen molar-refractivity contribution in [2.24, 2.45) is 11.1 Å². The fourth-order valence-corrected chi connectivity index (χ4v) is 2.62. The van der Waals surface area contributed by atoms with Crippen molar-refractivity contribution in [2.75, 3.05) is 33.4 Å². The largest absolute Gasteiger partial charge is 0.375 e. The molecule has 0 unspecified atom stereocenters. The Bertz CT molecular complexity index is 347. The highest BCUT2D eigenvalue weighted by molar-refractivity contribution is 5.85. The summed E-state index contributed by atoms with van der Waals surface area (Å²) in [6.07, 6.45) is 3.46. The van der Waals surface area contributed by atoms with E-state index in [1.165, 1.54) is 7.11 Å². The molecule has 108 valence electrons. The molecule has 1 aliphatic carbocycles. The first-order valence-corrected chi connectivity index (χ1v) is 6.89. The van der Waals surface area contributed by atoms with Gasteiger partial charge in [-0.15, -0.1) is 0 Å². The first kappa shape index (κ1) is 14.3. The van der Waals surface area contributed by atoms with Crippen LogP contribution in [0.15, 0.2) is 0 Å². The summed E-state index contributed by atoms with van der Waals surface area (Å²) < 4.78 is 4.78. The Morgan fingerprint density at radius 3 is 2.47 bits per heavy atom. The molecule has 2 rings (SSSR count). The Hall–Kier alpha value is -1.14. The normalized spacial score (nSPS) is 22.1. The lowest BCUT2D eigenvalue weighted by Crippen LogP contribution is -2.49. The Morgan fingerprint density at radius 2 is 2.00 bits per heavy atom. The van der Waals surface area contributed by atoms with Crippen LogP contribution in [0.1, 0.15) is 25.7 Å². The SMILES string of the molecule is COCC(=O)NC1CCN(C(=O)C2(CN)CC2)CC1. The summed E-state index contributed by atoms with van der Waals surface area (Å²) in [4.78, 5) is 25.6. The van der Waals surface area contributed by atoms with Crippen LogP contribution in [0.5, 0.6) is 0 Å². The van der Waals surface area contributed by atoms with E-state index in [1.807, 2.05) is 4.90 Å². The molecule has 2 amide bonds. The molecule has 0 aromatic carbocycles. The minimum absolute atomic E-state index is 0.0899. The summed E-state index contributed by atoms with van der Waals surface area (Å²) in [5.41, 5.74) is 5.43. The number of nitrogens with two attached hydrogens (primary N) is 1. The lowest BCUT2D eigenvalue weighted by atomic mass is 10.0. The van der Waals surface area contributed by atoms with Crippen LogP contribution >= 0.6 is 0 Å². The predicted molar refractivity (Wildman–Crippen MR) is 70.3 cm³/mol. The number of hydrogen-bond donors (Lipinski definition) is 2. The van der Waals surface area contributed by atoms with Gasteiger partial charge in [0.1, 0.15) is 6.61 Å². The van der Waals surface area contributed by atoms with Crippen LogP contribution in [0.3, 0.4) is 0 Å². The highest BCUT2D eigenvalue weighted by atomic mass is 16.5. The van der Waals surface area contributed by atoms with Gasteiger partial charge in [-0.25, -0.2) is 0 Å². The van der Waals surface area contributed by atoms with Crippen LogP contribution in [0, 0.1) is 5.41 Å². The van der Waals surface area contributed by atoms with Gasteiger partial charge in [0.2, 0.25) is 11.8 Å². The predicted octanol–water partition coefficient (Wildman–Crippen LogP) is -0.521. The van der Waals surface area contributed by atoms with Crippen molar-refractivity contribution in [3.63, 3.8) is 0 Å². The lowest BCUT2D eigenvalue weighted by molar-refractivity contribution is -0.137. The number of carbonyl (C=O) groups is 2. The van der Waals surface area contributed by atoms with Gasteiger partial charge in [0.15, 0.2) is 0 Å². The van der Waals surface area contributed by atoms with Gasteiger partial charge in [0.05, 0.1) is 5.41 Å². The molecule has 2 fully saturated rings. The van der Waals surface area contributed by atoms with Gasteiger partial charge in [0, 0.05) is 32.8 Å². The molecule has 0 atom stereocenters. The number of methoxy groups -OCH3 is 1. The summed E-state index contributed by atoms with van der Waals surface area (Å²) >= 11 is 0. The molecule has 2 aliphatic rings. The van der Waals surface area contributed by atoms with Crippen molar-refractivity contribution < 1.29 is 14.3 Å². The van der Waals surface area contributed by atoms with Crippen molar-refractivity contribution in [3.8, 4) is 0 Å². The molecule has 1 saturated heterocycles. The summed E-state index contributed by atoms with van der Waals surface area (Å²) in [5.74, 6) is 0.115. The molecule has 3 N–H and O–H groups in total. The maximum Gasteiger partial charge on any atom is 0.246 e. The van der Waals surface area contributed by atoms with Crippen molar-refractivity contribution in [3.05, 3.63) is 0 Å². The van der Waals surface area contributed by atoms with Gasteiger partial charge >= 0.3 is 0 Å². The van der Waals surface area contributed by atoms with Crippen LogP contribution in [-0.2, 0) is 14.3 Å². The standard InChI is InChI=1S/C13H23N3O3/c1-19-8-11(17)15-10-2-6-16(7-3-10)12(18)13(9-14)4-5-13/h10H,2-9,14H2,1H3,(H,15,17). The van der Waals surface area contributed by atoms with Crippen molar-refractivity contribution in [1.82, 2.24) is 10.2 Å². The number of carbonyl (C=O) groups excluding carboxylic acids is 2. The molecule has 1 heterocycles. The summed E-state index contributed by atoms with van der Waals surface area (Å²) in [6.45, 7) is 1.96. The Kier molecular flexibility index (Phi) is 4.42. The summed E-state index contributed by atoms with van der Waals surface area (Å²) in [7, 11) is 1.50. The summed E-state index contributed by atoms with van der Waals surface area (Å²) in [6, 6.07) is 0.153. The number of nitrogens with zero attached hydrogens (tertiary/aromatic N) is 1. The molecule has 0 spiro atoms. The maximum atomic E-state index is 12.3. The van der Waals surface area contributed by atoms with Crippen LogP contribution < -0.4 is 11.1 Å². The van der Waals surface area contributed by atoms with Crippen LogP contribution in [-0.4, -0.2) is 56.1 Å². The third kappa shape index (κ3) is 3.25. The third-order valence-electron chi connectivity index (χ3n) is 4.12.